The van der Waals surface area contributed by atoms with Crippen molar-refractivity contribution in [1.82, 2.24) is 14.4 Å². The summed E-state index contributed by atoms with van der Waals surface area (Å²) in [5.74, 6) is 0.627. The molecule has 96 valence electrons. The predicted octanol–water partition coefficient (Wildman–Crippen LogP) is 2.03. The van der Waals surface area contributed by atoms with Crippen LogP contribution in [0.2, 0.25) is 0 Å². The zero-order valence-corrected chi connectivity index (χ0v) is 11.4. The molecule has 3 heterocycles. The highest BCUT2D eigenvalue weighted by atomic mass is 32.2. The van der Waals surface area contributed by atoms with Crippen LogP contribution in [-0.4, -0.2) is 14.4 Å². The highest BCUT2D eigenvalue weighted by Gasteiger charge is 2.04. The Bertz CT molecular complexity index is 780. The third-order valence-corrected chi connectivity index (χ3v) is 4.54. The second-order valence-corrected chi connectivity index (χ2v) is 6.16. The monoisotopic (exact) mass is 290 g/mol. The molecular formula is C12H10N4OS2. The number of fused-ring (bicyclic) bond motifs is 1. The van der Waals surface area contributed by atoms with Crippen LogP contribution in [-0.2, 0) is 5.75 Å². The highest BCUT2D eigenvalue weighted by molar-refractivity contribution is 8.00. The molecule has 2 N–H and O–H groups in total. The lowest BCUT2D eigenvalue weighted by Gasteiger charge is -2.02. The van der Waals surface area contributed by atoms with Crippen LogP contribution in [0.3, 0.4) is 0 Å². The topological polar surface area (TPSA) is 73.3 Å². The summed E-state index contributed by atoms with van der Waals surface area (Å²) in [6.07, 6.45) is 3.45. The van der Waals surface area contributed by atoms with E-state index < -0.39 is 0 Å². The summed E-state index contributed by atoms with van der Waals surface area (Å²) in [5, 5.41) is 0.550. The summed E-state index contributed by atoms with van der Waals surface area (Å²) < 4.78 is 2.55. The van der Waals surface area contributed by atoms with E-state index in [0.717, 1.165) is 9.90 Å². The molecular weight excluding hydrogens is 280 g/mol. The number of hydrogen-bond donors (Lipinski definition) is 1. The van der Waals surface area contributed by atoms with Crippen LogP contribution in [0.4, 0.5) is 5.13 Å². The first-order valence-electron chi connectivity index (χ1n) is 5.54. The number of nitrogen functional groups attached to an aromatic ring is 1. The van der Waals surface area contributed by atoms with Crippen molar-refractivity contribution in [1.29, 1.82) is 0 Å². The number of nitrogens with zero attached hydrogens (tertiary/aromatic N) is 3. The Hall–Kier alpha value is -1.86. The van der Waals surface area contributed by atoms with Gasteiger partial charge in [-0.2, -0.15) is 0 Å². The van der Waals surface area contributed by atoms with Crippen LogP contribution < -0.4 is 11.3 Å². The number of pyridine rings is 1. The second-order valence-electron chi connectivity index (χ2n) is 3.82. The van der Waals surface area contributed by atoms with Gasteiger partial charge in [-0.05, 0) is 12.1 Å². The van der Waals surface area contributed by atoms with E-state index in [-0.39, 0.29) is 5.56 Å². The minimum atomic E-state index is -0.0648. The fraction of sp³-hybridized carbons (Fsp3) is 0.0833. The van der Waals surface area contributed by atoms with Gasteiger partial charge in [-0.3, -0.25) is 9.20 Å². The summed E-state index contributed by atoms with van der Waals surface area (Å²) >= 11 is 3.01. The Balaban J connectivity index is 1.87. The van der Waals surface area contributed by atoms with Gasteiger partial charge >= 0.3 is 0 Å². The summed E-state index contributed by atoms with van der Waals surface area (Å²) in [6.45, 7) is 0. The van der Waals surface area contributed by atoms with Crippen molar-refractivity contribution in [2.45, 2.75) is 9.96 Å². The molecule has 0 aromatic carbocycles. The number of nitrogens with two attached hydrogens (primary N) is 1. The maximum absolute atomic E-state index is 11.9. The number of thiazole rings is 1. The van der Waals surface area contributed by atoms with Crippen LogP contribution in [0.15, 0.2) is 45.7 Å². The maximum atomic E-state index is 11.9. The molecule has 0 amide bonds. The largest absolute Gasteiger partial charge is 0.375 e. The molecule has 0 aliphatic heterocycles. The van der Waals surface area contributed by atoms with E-state index in [2.05, 4.69) is 9.97 Å². The molecule has 0 radical (unpaired) electrons. The molecule has 0 atom stereocenters. The molecule has 0 fully saturated rings. The Morgan fingerprint density at radius 2 is 2.32 bits per heavy atom. The number of hydrogen-bond acceptors (Lipinski definition) is 6. The van der Waals surface area contributed by atoms with E-state index in [0.29, 0.717) is 16.5 Å². The van der Waals surface area contributed by atoms with Crippen LogP contribution in [0.1, 0.15) is 5.69 Å². The lowest BCUT2D eigenvalue weighted by molar-refractivity contribution is 1.01. The third-order valence-electron chi connectivity index (χ3n) is 2.49. The Morgan fingerprint density at radius 3 is 3.11 bits per heavy atom. The predicted molar refractivity (Wildman–Crippen MR) is 77.5 cm³/mol. The van der Waals surface area contributed by atoms with Gasteiger partial charge in [0.1, 0.15) is 5.65 Å². The maximum Gasteiger partial charge on any atom is 0.258 e. The van der Waals surface area contributed by atoms with Crippen LogP contribution in [0, 0.1) is 0 Å². The fourth-order valence-corrected chi connectivity index (χ4v) is 3.31. The number of anilines is 1. The SMILES string of the molecule is Nc1ncc(SCc2cc(=O)n3ccccc3n2)s1. The van der Waals surface area contributed by atoms with Gasteiger partial charge in [-0.15, -0.1) is 11.8 Å². The van der Waals surface area contributed by atoms with Gasteiger partial charge in [0.15, 0.2) is 5.13 Å². The molecule has 0 spiro atoms. The lowest BCUT2D eigenvalue weighted by atomic mass is 10.4. The molecule has 3 aromatic heterocycles. The molecule has 5 nitrogen and oxygen atoms in total. The molecule has 0 saturated heterocycles. The minimum absolute atomic E-state index is 0.0648. The van der Waals surface area contributed by atoms with Gasteiger partial charge in [-0.1, -0.05) is 17.4 Å². The Morgan fingerprint density at radius 1 is 1.42 bits per heavy atom. The molecule has 3 rings (SSSR count). The molecule has 19 heavy (non-hydrogen) atoms. The van der Waals surface area contributed by atoms with Gasteiger partial charge in [0.05, 0.1) is 16.1 Å². The molecule has 0 saturated carbocycles. The summed E-state index contributed by atoms with van der Waals surface area (Å²) in [5.41, 5.74) is 6.93. The first-order valence-corrected chi connectivity index (χ1v) is 7.34. The normalized spacial score (nSPS) is 10.9. The molecule has 7 heteroatoms. The second kappa shape index (κ2) is 5.02. The van der Waals surface area contributed by atoms with E-state index in [1.54, 1.807) is 30.2 Å². The van der Waals surface area contributed by atoms with Crippen LogP contribution in [0.5, 0.6) is 0 Å². The average Bonchev–Trinajstić information content (AvgIpc) is 2.82. The van der Waals surface area contributed by atoms with Crippen LogP contribution >= 0.6 is 23.1 Å². The Labute approximate surface area is 117 Å². The number of rotatable bonds is 3. The zero-order chi connectivity index (χ0) is 13.2. The fourth-order valence-electron chi connectivity index (χ4n) is 1.66. The quantitative estimate of drug-likeness (QED) is 0.747. The van der Waals surface area contributed by atoms with E-state index >= 15 is 0 Å². The van der Waals surface area contributed by atoms with Crippen molar-refractivity contribution in [2.75, 3.05) is 5.73 Å². The van der Waals surface area contributed by atoms with E-state index in [4.69, 9.17) is 5.73 Å². The minimum Gasteiger partial charge on any atom is -0.375 e. The van der Waals surface area contributed by atoms with Gasteiger partial charge in [-0.25, -0.2) is 9.97 Å². The van der Waals surface area contributed by atoms with E-state index in [1.165, 1.54) is 15.7 Å². The summed E-state index contributed by atoms with van der Waals surface area (Å²) in [4.78, 5) is 20.3. The molecule has 0 unspecified atom stereocenters. The zero-order valence-electron chi connectivity index (χ0n) is 9.81. The van der Waals surface area contributed by atoms with Crippen molar-refractivity contribution >= 4 is 33.9 Å². The van der Waals surface area contributed by atoms with Gasteiger partial charge in [0.25, 0.3) is 5.56 Å². The molecule has 3 aromatic rings. The standard InChI is InChI=1S/C12H10N4OS2/c13-12-14-6-11(19-12)18-7-8-5-10(17)16-4-2-1-3-9(16)15-8/h1-6H,7H2,(H2,13,14). The Kier molecular flexibility index (Phi) is 3.22. The van der Waals surface area contributed by atoms with Crippen molar-refractivity contribution in [3.8, 4) is 0 Å². The van der Waals surface area contributed by atoms with E-state index in [1.807, 2.05) is 18.2 Å². The van der Waals surface area contributed by atoms with E-state index in [9.17, 15) is 4.79 Å². The van der Waals surface area contributed by atoms with Crippen LogP contribution in [0.25, 0.3) is 5.65 Å². The summed E-state index contributed by atoms with van der Waals surface area (Å²) in [6, 6.07) is 7.05. The lowest BCUT2D eigenvalue weighted by Crippen LogP contribution is -2.14. The first-order chi connectivity index (χ1) is 9.22. The van der Waals surface area contributed by atoms with Crippen molar-refractivity contribution in [3.63, 3.8) is 0 Å². The molecule has 0 bridgehead atoms. The number of aromatic nitrogens is 3. The number of thioether (sulfide) groups is 1. The van der Waals surface area contributed by atoms with Crippen molar-refractivity contribution in [3.05, 3.63) is 52.7 Å². The smallest absolute Gasteiger partial charge is 0.258 e. The molecule has 0 aliphatic carbocycles. The third kappa shape index (κ3) is 2.61. The average molecular weight is 290 g/mol. The highest BCUT2D eigenvalue weighted by Crippen LogP contribution is 2.28. The van der Waals surface area contributed by atoms with Gasteiger partial charge < -0.3 is 5.73 Å². The van der Waals surface area contributed by atoms with Crippen molar-refractivity contribution < 1.29 is 0 Å². The van der Waals surface area contributed by atoms with Gasteiger partial charge in [0.2, 0.25) is 0 Å². The van der Waals surface area contributed by atoms with Gasteiger partial charge in [0, 0.05) is 18.0 Å². The first kappa shape index (κ1) is 12.2. The molecule has 0 aliphatic rings. The summed E-state index contributed by atoms with van der Waals surface area (Å²) in [7, 11) is 0. The van der Waals surface area contributed by atoms with Crippen molar-refractivity contribution in [2.24, 2.45) is 0 Å².